The first kappa shape index (κ1) is 13.3. The molecule has 1 aromatic heterocycles. The van der Waals surface area contributed by atoms with Gasteiger partial charge in [0.05, 0.1) is 23.7 Å². The van der Waals surface area contributed by atoms with Crippen LogP contribution in [-0.2, 0) is 0 Å². The number of hydrogen-bond acceptors (Lipinski definition) is 4. The van der Waals surface area contributed by atoms with Crippen LogP contribution < -0.4 is 16.0 Å². The van der Waals surface area contributed by atoms with E-state index < -0.39 is 6.04 Å². The van der Waals surface area contributed by atoms with Crippen LogP contribution in [0.5, 0.6) is 5.75 Å². The topological polar surface area (TPSA) is 47.3 Å². The maximum Gasteiger partial charge on any atom is 0.132 e. The van der Waals surface area contributed by atoms with Gasteiger partial charge in [0.25, 0.3) is 0 Å². The highest BCUT2D eigenvalue weighted by Gasteiger charge is 2.24. The van der Waals surface area contributed by atoms with Gasteiger partial charge in [-0.25, -0.2) is 9.82 Å². The van der Waals surface area contributed by atoms with Crippen molar-refractivity contribution < 1.29 is 9.13 Å². The summed E-state index contributed by atoms with van der Waals surface area (Å²) < 4.78 is 19.2. The van der Waals surface area contributed by atoms with Crippen LogP contribution in [0.1, 0.15) is 16.5 Å². The molecule has 1 atom stereocenters. The first-order chi connectivity index (χ1) is 8.69. The van der Waals surface area contributed by atoms with Gasteiger partial charge in [0.15, 0.2) is 0 Å². The van der Waals surface area contributed by atoms with Gasteiger partial charge in [0.1, 0.15) is 11.6 Å². The summed E-state index contributed by atoms with van der Waals surface area (Å²) in [6.07, 6.45) is 0. The molecule has 0 aliphatic rings. The molecule has 1 aromatic carbocycles. The molecule has 1 heterocycles. The Balaban J connectivity index is 2.55. The third-order valence-electron chi connectivity index (χ3n) is 2.60. The van der Waals surface area contributed by atoms with Crippen molar-refractivity contribution in [3.05, 3.63) is 50.9 Å². The molecule has 96 valence electrons. The zero-order chi connectivity index (χ0) is 13.1. The highest BCUT2D eigenvalue weighted by Crippen LogP contribution is 2.37. The van der Waals surface area contributed by atoms with Gasteiger partial charge >= 0.3 is 0 Å². The quantitative estimate of drug-likeness (QED) is 0.671. The number of thiophene rings is 1. The molecule has 6 heteroatoms. The van der Waals surface area contributed by atoms with Crippen molar-refractivity contribution >= 4 is 22.9 Å². The van der Waals surface area contributed by atoms with Crippen molar-refractivity contribution in [2.75, 3.05) is 7.11 Å². The van der Waals surface area contributed by atoms with Crippen molar-refractivity contribution in [2.45, 2.75) is 6.04 Å². The van der Waals surface area contributed by atoms with Crippen molar-refractivity contribution in [3.8, 4) is 5.75 Å². The average Bonchev–Trinajstić information content (AvgIpc) is 2.79. The molecule has 2 aromatic rings. The zero-order valence-electron chi connectivity index (χ0n) is 9.61. The van der Waals surface area contributed by atoms with Crippen molar-refractivity contribution in [2.24, 2.45) is 5.84 Å². The van der Waals surface area contributed by atoms with Gasteiger partial charge in [-0.05, 0) is 23.6 Å². The van der Waals surface area contributed by atoms with Crippen LogP contribution in [0.25, 0.3) is 0 Å². The van der Waals surface area contributed by atoms with Crippen LogP contribution in [0, 0.1) is 5.82 Å². The maximum absolute atomic E-state index is 14.0. The summed E-state index contributed by atoms with van der Waals surface area (Å²) in [5.41, 5.74) is 2.94. The van der Waals surface area contributed by atoms with E-state index in [1.807, 2.05) is 5.38 Å². The van der Waals surface area contributed by atoms with Gasteiger partial charge < -0.3 is 4.74 Å². The molecular weight excluding hydrogens is 275 g/mol. The monoisotopic (exact) mass is 286 g/mol. The van der Waals surface area contributed by atoms with E-state index in [9.17, 15) is 4.39 Å². The fraction of sp³-hybridized carbons (Fsp3) is 0.167. The fourth-order valence-corrected chi connectivity index (χ4v) is 3.01. The molecule has 2 rings (SSSR count). The Kier molecular flexibility index (Phi) is 4.19. The lowest BCUT2D eigenvalue weighted by atomic mass is 10.0. The molecule has 0 radical (unpaired) electrons. The standard InChI is InChI=1S/C12H12ClFN2OS/c1-17-9-4-2-3-8(14)10(9)11(16-15)12-7(13)5-6-18-12/h2-6,11,16H,15H2,1H3. The van der Waals surface area contributed by atoms with Crippen LogP contribution in [0.15, 0.2) is 29.6 Å². The van der Waals surface area contributed by atoms with E-state index in [0.717, 1.165) is 4.88 Å². The number of nitrogens with one attached hydrogen (secondary N) is 1. The molecule has 0 bridgehead atoms. The first-order valence-corrected chi connectivity index (χ1v) is 6.46. The number of methoxy groups -OCH3 is 1. The Labute approximate surface area is 113 Å². The van der Waals surface area contributed by atoms with Crippen LogP contribution in [0.3, 0.4) is 0 Å². The van der Waals surface area contributed by atoms with Gasteiger partial charge in [-0.2, -0.15) is 0 Å². The molecule has 0 spiro atoms. The highest BCUT2D eigenvalue weighted by atomic mass is 35.5. The summed E-state index contributed by atoms with van der Waals surface area (Å²) >= 11 is 7.47. The molecule has 3 nitrogen and oxygen atoms in total. The minimum atomic E-state index is -0.534. The van der Waals surface area contributed by atoms with Gasteiger partial charge in [0.2, 0.25) is 0 Å². The second-order valence-corrected chi connectivity index (χ2v) is 4.94. The minimum Gasteiger partial charge on any atom is -0.496 e. The van der Waals surface area contributed by atoms with E-state index in [2.05, 4.69) is 5.43 Å². The fourth-order valence-electron chi connectivity index (χ4n) is 1.78. The molecular formula is C12H12ClFN2OS. The Bertz CT molecular complexity index is 547. The molecule has 0 fully saturated rings. The molecule has 1 unspecified atom stereocenters. The predicted molar refractivity (Wildman–Crippen MR) is 71.4 cm³/mol. The Hall–Kier alpha value is -1.14. The number of ether oxygens (including phenoxy) is 1. The SMILES string of the molecule is COc1cccc(F)c1C(NN)c1sccc1Cl. The van der Waals surface area contributed by atoms with E-state index in [1.54, 1.807) is 18.2 Å². The number of benzene rings is 1. The summed E-state index contributed by atoms with van der Waals surface area (Å²) in [6.45, 7) is 0. The summed E-state index contributed by atoms with van der Waals surface area (Å²) in [5.74, 6) is 5.58. The molecule has 0 saturated carbocycles. The third kappa shape index (κ3) is 2.35. The van der Waals surface area contributed by atoms with E-state index in [4.69, 9.17) is 22.2 Å². The molecule has 0 saturated heterocycles. The number of hydrogen-bond donors (Lipinski definition) is 2. The molecule has 0 amide bonds. The molecule has 0 aliphatic carbocycles. The van der Waals surface area contributed by atoms with Crippen LogP contribution in [0.2, 0.25) is 5.02 Å². The molecule has 18 heavy (non-hydrogen) atoms. The highest BCUT2D eigenvalue weighted by molar-refractivity contribution is 7.10. The Morgan fingerprint density at radius 1 is 1.44 bits per heavy atom. The largest absolute Gasteiger partial charge is 0.496 e. The van der Waals surface area contributed by atoms with E-state index >= 15 is 0 Å². The van der Waals surface area contributed by atoms with Crippen LogP contribution in [-0.4, -0.2) is 7.11 Å². The minimum absolute atomic E-state index is 0.354. The maximum atomic E-state index is 14.0. The molecule has 3 N–H and O–H groups in total. The number of nitrogens with two attached hydrogens (primary N) is 1. The van der Waals surface area contributed by atoms with Crippen LogP contribution in [0.4, 0.5) is 4.39 Å². The van der Waals surface area contributed by atoms with Crippen molar-refractivity contribution in [1.82, 2.24) is 5.43 Å². The predicted octanol–water partition coefficient (Wildman–Crippen LogP) is 3.10. The van der Waals surface area contributed by atoms with E-state index in [-0.39, 0.29) is 5.82 Å². The van der Waals surface area contributed by atoms with Gasteiger partial charge in [0, 0.05) is 4.88 Å². The second kappa shape index (κ2) is 5.67. The van der Waals surface area contributed by atoms with Gasteiger partial charge in [-0.3, -0.25) is 5.84 Å². The summed E-state index contributed by atoms with van der Waals surface area (Å²) in [4.78, 5) is 0.752. The van der Waals surface area contributed by atoms with Crippen LogP contribution >= 0.6 is 22.9 Å². The molecule has 0 aliphatic heterocycles. The summed E-state index contributed by atoms with van der Waals surface area (Å²) in [7, 11) is 1.49. The smallest absolute Gasteiger partial charge is 0.132 e. The van der Waals surface area contributed by atoms with E-state index in [1.165, 1.54) is 24.5 Å². The normalized spacial score (nSPS) is 12.4. The second-order valence-electron chi connectivity index (χ2n) is 3.59. The third-order valence-corrected chi connectivity index (χ3v) is 4.02. The van der Waals surface area contributed by atoms with Gasteiger partial charge in [-0.15, -0.1) is 11.3 Å². The van der Waals surface area contributed by atoms with Crippen molar-refractivity contribution in [1.29, 1.82) is 0 Å². The lowest BCUT2D eigenvalue weighted by molar-refractivity contribution is 0.397. The summed E-state index contributed by atoms with van der Waals surface area (Å²) in [5, 5.41) is 2.38. The summed E-state index contributed by atoms with van der Waals surface area (Å²) in [6, 6.07) is 5.85. The number of hydrazine groups is 1. The Morgan fingerprint density at radius 3 is 2.78 bits per heavy atom. The lowest BCUT2D eigenvalue weighted by Crippen LogP contribution is -2.29. The zero-order valence-corrected chi connectivity index (χ0v) is 11.2. The number of halogens is 2. The lowest BCUT2D eigenvalue weighted by Gasteiger charge is -2.19. The van der Waals surface area contributed by atoms with Crippen molar-refractivity contribution in [3.63, 3.8) is 0 Å². The first-order valence-electron chi connectivity index (χ1n) is 5.20. The van der Waals surface area contributed by atoms with E-state index in [0.29, 0.717) is 16.3 Å². The average molecular weight is 287 g/mol. The number of rotatable bonds is 4. The van der Waals surface area contributed by atoms with Gasteiger partial charge in [-0.1, -0.05) is 17.7 Å². The Morgan fingerprint density at radius 2 is 2.22 bits per heavy atom.